The molecule has 12 rings (SSSR count). The molecular formula is C64H106O29. The van der Waals surface area contributed by atoms with E-state index in [2.05, 4.69) is 0 Å². The molecule has 0 aromatic heterocycles. The summed E-state index contributed by atoms with van der Waals surface area (Å²) in [5.41, 5.74) is -3.18. The average Bonchev–Trinajstić information content (AvgIpc) is 1.66. The van der Waals surface area contributed by atoms with Crippen molar-refractivity contribution in [2.24, 2.45) is 0 Å². The number of fused-ring (bicyclic) bond motifs is 8. The Kier molecular flexibility index (Phi) is 25.3. The fraction of sp³-hybridized carbons (Fsp3) is 0.938. The number of aliphatic hydroxyl groups excluding tert-OH is 4. The van der Waals surface area contributed by atoms with Crippen molar-refractivity contribution in [3.8, 4) is 0 Å². The first kappa shape index (κ1) is 75.8. The number of carbonyl (C=O) groups excluding carboxylic acids is 4. The number of hydrogen-bond acceptors (Lipinski definition) is 28. The second-order valence-corrected chi connectivity index (χ2v) is 28.0. The van der Waals surface area contributed by atoms with Crippen molar-refractivity contribution < 1.29 is 140 Å². The molecule has 0 radical (unpaired) electrons. The van der Waals surface area contributed by atoms with Crippen LogP contribution in [0.5, 0.6) is 0 Å². The lowest BCUT2D eigenvalue weighted by molar-refractivity contribution is -0.229. The van der Waals surface area contributed by atoms with Crippen LogP contribution in [0.1, 0.15) is 158 Å². The molecule has 12 aliphatic rings. The minimum Gasteiger partial charge on any atom is -0.469 e. The third kappa shape index (κ3) is 17.4. The van der Waals surface area contributed by atoms with E-state index < -0.39 is 70.0 Å². The minimum absolute atomic E-state index is 0. The third-order valence-corrected chi connectivity index (χ3v) is 19.7. The van der Waals surface area contributed by atoms with Crippen LogP contribution in [0.3, 0.4) is 0 Å². The molecule has 0 aromatic rings. The van der Waals surface area contributed by atoms with Gasteiger partial charge in [0.2, 0.25) is 0 Å². The van der Waals surface area contributed by atoms with Gasteiger partial charge in [0.1, 0.15) is 46.8 Å². The van der Waals surface area contributed by atoms with Crippen molar-refractivity contribution in [1.82, 2.24) is 0 Å². The van der Waals surface area contributed by atoms with E-state index in [0.717, 1.165) is 51.4 Å². The molecule has 0 aromatic carbocycles. The summed E-state index contributed by atoms with van der Waals surface area (Å²) in [5.74, 6) is -4.44. The van der Waals surface area contributed by atoms with Crippen LogP contribution in [-0.2, 0) is 114 Å². The van der Waals surface area contributed by atoms with Crippen molar-refractivity contribution in [3.05, 3.63) is 0 Å². The van der Waals surface area contributed by atoms with Gasteiger partial charge in [-0.15, -0.1) is 0 Å². The van der Waals surface area contributed by atoms with Crippen LogP contribution in [0, 0.1) is 0 Å². The number of hydrogen-bond donors (Lipinski definition) is 4. The number of carbonyl (C=O) groups is 4. The summed E-state index contributed by atoms with van der Waals surface area (Å²) < 4.78 is 116. The van der Waals surface area contributed by atoms with Crippen molar-refractivity contribution in [3.63, 3.8) is 0 Å². The van der Waals surface area contributed by atoms with Crippen LogP contribution in [0.15, 0.2) is 0 Å². The van der Waals surface area contributed by atoms with Gasteiger partial charge in [0, 0.05) is 52.1 Å². The van der Waals surface area contributed by atoms with E-state index in [9.17, 15) is 39.6 Å². The molecule has 12 saturated heterocycles. The smallest absolute Gasteiger partial charge is 0.308 e. The maximum absolute atomic E-state index is 11.8. The molecule has 29 nitrogen and oxygen atoms in total. The highest BCUT2D eigenvalue weighted by Crippen LogP contribution is 2.49. The molecule has 0 aliphatic carbocycles. The summed E-state index contributed by atoms with van der Waals surface area (Å²) in [7, 11) is 5.42. The molecule has 0 spiro atoms. The first-order chi connectivity index (χ1) is 43.6. The number of esters is 4. The van der Waals surface area contributed by atoms with Gasteiger partial charge in [0.15, 0.2) is 23.1 Å². The standard InChI is InChI=1S/4C16H26O7.H2O/c4*1-15(2)22-11-8-16(9-17)12(5-4-6-20-16)21-10(14(11)23-15)7-13(18)19-3;/h4*10-12,14,17H,4-9H2,1-3H3;1H2/t4*10-,11+,12+,14-,16-;/m1111./s1. The topological polar surface area (TPSA) is 365 Å². The summed E-state index contributed by atoms with van der Waals surface area (Å²) in [6, 6.07) is 0. The van der Waals surface area contributed by atoms with E-state index in [-0.39, 0.29) is 155 Å². The molecule has 20 atom stereocenters. The lowest BCUT2D eigenvalue weighted by Crippen LogP contribution is -2.53. The molecule has 0 unspecified atom stereocenters. The van der Waals surface area contributed by atoms with E-state index in [1.165, 1.54) is 28.4 Å². The van der Waals surface area contributed by atoms with Gasteiger partial charge >= 0.3 is 23.9 Å². The SMILES string of the molecule is COC(=O)C[C@H]1O[C@H]2CCCO[C@@]2(CO)C[C@@H]2OC(C)(C)O[C@@H]21.COC(=O)C[C@H]1O[C@H]2CCCO[C@@]2(CO)C[C@@H]2OC(C)(C)O[C@@H]21.COC(=O)C[C@H]1O[C@H]2CCCO[C@@]2(CO)C[C@@H]2OC(C)(C)O[C@@H]21.COC(=O)C[C@H]1O[C@H]2CCCO[C@@]2(CO)C[C@@H]2OC(C)(C)O[C@@H]21.O. The van der Waals surface area contributed by atoms with Gasteiger partial charge in [-0.2, -0.15) is 0 Å². The molecule has 93 heavy (non-hydrogen) atoms. The molecule has 12 heterocycles. The predicted molar refractivity (Wildman–Crippen MR) is 319 cm³/mol. The van der Waals surface area contributed by atoms with Gasteiger partial charge in [0.05, 0.1) is 154 Å². The van der Waals surface area contributed by atoms with Crippen molar-refractivity contribution in [1.29, 1.82) is 0 Å². The largest absolute Gasteiger partial charge is 0.469 e. The Morgan fingerprint density at radius 1 is 0.344 bits per heavy atom. The second kappa shape index (κ2) is 31.1. The molecule has 6 N–H and O–H groups in total. The Labute approximate surface area is 544 Å². The van der Waals surface area contributed by atoms with E-state index in [1.807, 2.05) is 55.4 Å². The number of methoxy groups -OCH3 is 4. The van der Waals surface area contributed by atoms with Gasteiger partial charge in [-0.3, -0.25) is 19.2 Å². The molecule has 0 saturated carbocycles. The first-order valence-corrected chi connectivity index (χ1v) is 32.9. The average molecular weight is 1340 g/mol. The normalized spacial score (nSPS) is 42.0. The molecular weight excluding hydrogens is 1230 g/mol. The Hall–Kier alpha value is -2.96. The van der Waals surface area contributed by atoms with Crippen LogP contribution < -0.4 is 0 Å². The lowest BCUT2D eigenvalue weighted by Gasteiger charge is -2.42. The van der Waals surface area contributed by atoms with Gasteiger partial charge in [-0.25, -0.2) is 0 Å². The van der Waals surface area contributed by atoms with Gasteiger partial charge in [-0.05, 0) is 107 Å². The summed E-state index contributed by atoms with van der Waals surface area (Å²) in [4.78, 5) is 47.1. The number of rotatable bonds is 12. The zero-order valence-corrected chi connectivity index (χ0v) is 56.3. The molecule has 12 aliphatic heterocycles. The van der Waals surface area contributed by atoms with E-state index in [1.54, 1.807) is 0 Å². The highest BCUT2D eigenvalue weighted by molar-refractivity contribution is 5.71. The fourth-order valence-electron chi connectivity index (χ4n) is 15.5. The molecule has 536 valence electrons. The Morgan fingerprint density at radius 3 is 0.710 bits per heavy atom. The Balaban J connectivity index is 0.000000159. The van der Waals surface area contributed by atoms with Crippen LogP contribution in [-0.4, -0.2) is 274 Å². The quantitative estimate of drug-likeness (QED) is 0.161. The first-order valence-electron chi connectivity index (χ1n) is 32.9. The zero-order valence-electron chi connectivity index (χ0n) is 56.3. The summed E-state index contributed by atoms with van der Waals surface area (Å²) in [5, 5.41) is 39.9. The van der Waals surface area contributed by atoms with Crippen LogP contribution in [0.25, 0.3) is 0 Å². The van der Waals surface area contributed by atoms with Crippen molar-refractivity contribution >= 4 is 23.9 Å². The van der Waals surface area contributed by atoms with Crippen LogP contribution in [0.4, 0.5) is 0 Å². The monoisotopic (exact) mass is 1340 g/mol. The van der Waals surface area contributed by atoms with Gasteiger partial charge < -0.3 is 121 Å². The minimum atomic E-state index is -0.796. The number of ether oxygens (including phenoxy) is 20. The highest BCUT2D eigenvalue weighted by Gasteiger charge is 2.61. The summed E-state index contributed by atoms with van der Waals surface area (Å²) in [6.07, 6.45) is 3.11. The van der Waals surface area contributed by atoms with Gasteiger partial charge in [-0.1, -0.05) is 0 Å². The maximum atomic E-state index is 11.8. The molecule has 0 amide bonds. The number of aliphatic hydroxyl groups is 4. The summed E-state index contributed by atoms with van der Waals surface area (Å²) in [6.45, 7) is 16.5. The zero-order chi connectivity index (χ0) is 66.7. The summed E-state index contributed by atoms with van der Waals surface area (Å²) >= 11 is 0. The van der Waals surface area contributed by atoms with Crippen molar-refractivity contribution in [2.75, 3.05) is 81.3 Å². The van der Waals surface area contributed by atoms with E-state index >= 15 is 0 Å². The Morgan fingerprint density at radius 2 is 0.538 bits per heavy atom. The second-order valence-electron chi connectivity index (χ2n) is 28.0. The highest BCUT2D eigenvalue weighted by atomic mass is 16.8. The molecule has 29 heteroatoms. The lowest BCUT2D eigenvalue weighted by atomic mass is 9.85. The van der Waals surface area contributed by atoms with Crippen LogP contribution >= 0.6 is 0 Å². The predicted octanol–water partition coefficient (Wildman–Crippen LogP) is 2.25. The molecule has 0 bridgehead atoms. The fourth-order valence-corrected chi connectivity index (χ4v) is 15.5. The van der Waals surface area contributed by atoms with E-state index in [0.29, 0.717) is 52.1 Å². The maximum Gasteiger partial charge on any atom is 0.308 e. The van der Waals surface area contributed by atoms with E-state index in [4.69, 9.17) is 94.7 Å². The molecule has 12 fully saturated rings. The van der Waals surface area contributed by atoms with Gasteiger partial charge in [0.25, 0.3) is 0 Å². The Bertz CT molecular complexity index is 2140. The van der Waals surface area contributed by atoms with Crippen LogP contribution in [0.2, 0.25) is 0 Å². The van der Waals surface area contributed by atoms with Crippen molar-refractivity contribution in [2.45, 2.75) is 301 Å². The third-order valence-electron chi connectivity index (χ3n) is 19.7.